The zero-order chi connectivity index (χ0) is 14.7. The average Bonchev–Trinajstić information content (AvgIpc) is 2.98. The van der Waals surface area contributed by atoms with Crippen molar-refractivity contribution in [2.75, 3.05) is 6.61 Å². The molecule has 0 radical (unpaired) electrons. The van der Waals surface area contributed by atoms with Crippen LogP contribution < -0.4 is 5.32 Å². The van der Waals surface area contributed by atoms with Crippen molar-refractivity contribution in [3.8, 4) is 0 Å². The number of carbonyl (C=O) groups is 1. The van der Waals surface area contributed by atoms with E-state index in [1.165, 1.54) is 6.42 Å². The zero-order valence-corrected chi connectivity index (χ0v) is 12.6. The first-order valence-corrected chi connectivity index (χ1v) is 7.50. The maximum absolute atomic E-state index is 11.8. The Kier molecular flexibility index (Phi) is 4.86. The molecule has 0 spiro atoms. The van der Waals surface area contributed by atoms with Crippen molar-refractivity contribution in [2.24, 2.45) is 11.8 Å². The second kappa shape index (κ2) is 6.44. The summed E-state index contributed by atoms with van der Waals surface area (Å²) >= 11 is 0. The maximum atomic E-state index is 11.8. The summed E-state index contributed by atoms with van der Waals surface area (Å²) in [6, 6.07) is 4.01. The van der Waals surface area contributed by atoms with E-state index in [2.05, 4.69) is 12.2 Å². The largest absolute Gasteiger partial charge is 0.466 e. The Morgan fingerprint density at radius 3 is 2.80 bits per heavy atom. The molecule has 2 N–H and O–H groups in total. The van der Waals surface area contributed by atoms with E-state index >= 15 is 0 Å². The molecule has 0 aromatic carbocycles. The number of carbonyl (C=O) groups excluding carboxylic acids is 1. The molecule has 2 rings (SSSR count). The molecule has 4 heteroatoms. The van der Waals surface area contributed by atoms with Crippen LogP contribution in [0.15, 0.2) is 16.5 Å². The normalized spacial score (nSPS) is 24.2. The third-order valence-electron chi connectivity index (χ3n) is 4.29. The average molecular weight is 279 g/mol. The van der Waals surface area contributed by atoms with Gasteiger partial charge in [-0.1, -0.05) is 13.8 Å². The molecule has 1 amide bonds. The number of aryl methyl sites for hydroxylation is 1. The van der Waals surface area contributed by atoms with Gasteiger partial charge in [-0.05, 0) is 37.3 Å². The summed E-state index contributed by atoms with van der Waals surface area (Å²) in [5.41, 5.74) is 0. The minimum atomic E-state index is -0.00743. The van der Waals surface area contributed by atoms with Crippen LogP contribution >= 0.6 is 0 Å². The highest BCUT2D eigenvalue weighted by Gasteiger charge is 2.36. The first-order chi connectivity index (χ1) is 9.51. The summed E-state index contributed by atoms with van der Waals surface area (Å²) in [4.78, 5) is 11.8. The Balaban J connectivity index is 1.74. The summed E-state index contributed by atoms with van der Waals surface area (Å²) in [5, 5.41) is 12.0. The van der Waals surface area contributed by atoms with Gasteiger partial charge in [0, 0.05) is 31.4 Å². The number of nitrogens with one attached hydrogen (secondary N) is 1. The highest BCUT2D eigenvalue weighted by molar-refractivity contribution is 5.76. The molecule has 0 aliphatic heterocycles. The summed E-state index contributed by atoms with van der Waals surface area (Å²) in [5.74, 6) is 3.36. The second-order valence-electron chi connectivity index (χ2n) is 6.14. The Labute approximate surface area is 120 Å². The highest BCUT2D eigenvalue weighted by Crippen LogP contribution is 2.47. The van der Waals surface area contributed by atoms with Crippen LogP contribution in [0.25, 0.3) is 0 Å². The molecule has 4 unspecified atom stereocenters. The van der Waals surface area contributed by atoms with E-state index in [1.54, 1.807) is 0 Å². The van der Waals surface area contributed by atoms with E-state index in [1.807, 2.05) is 26.0 Å². The third-order valence-corrected chi connectivity index (χ3v) is 4.29. The SMILES string of the molecule is CC(CO)C(C)NC(=O)CCc1ccc(C2CC2C)o1. The fourth-order valence-electron chi connectivity index (χ4n) is 2.31. The van der Waals surface area contributed by atoms with Gasteiger partial charge < -0.3 is 14.8 Å². The fourth-order valence-corrected chi connectivity index (χ4v) is 2.31. The van der Waals surface area contributed by atoms with E-state index in [9.17, 15) is 4.79 Å². The minimum Gasteiger partial charge on any atom is -0.466 e. The summed E-state index contributed by atoms with van der Waals surface area (Å²) in [7, 11) is 0. The van der Waals surface area contributed by atoms with Gasteiger partial charge in [0.05, 0.1) is 0 Å². The lowest BCUT2D eigenvalue weighted by molar-refractivity contribution is -0.122. The van der Waals surface area contributed by atoms with Gasteiger partial charge in [-0.15, -0.1) is 0 Å². The standard InChI is InChI=1S/C16H25NO3/c1-10-8-14(10)15-6-4-13(20-15)5-7-16(19)17-12(3)11(2)9-18/h4,6,10-12,14,18H,5,7-9H2,1-3H3,(H,17,19). The summed E-state index contributed by atoms with van der Waals surface area (Å²) in [6.07, 6.45) is 2.27. The van der Waals surface area contributed by atoms with Crippen molar-refractivity contribution in [1.82, 2.24) is 5.32 Å². The number of aliphatic hydroxyl groups excluding tert-OH is 1. The van der Waals surface area contributed by atoms with Crippen LogP contribution in [0.4, 0.5) is 0 Å². The van der Waals surface area contributed by atoms with Gasteiger partial charge in [-0.3, -0.25) is 4.79 Å². The molecule has 0 bridgehead atoms. The molecule has 1 heterocycles. The number of rotatable bonds is 7. The van der Waals surface area contributed by atoms with E-state index < -0.39 is 0 Å². The van der Waals surface area contributed by atoms with Crippen molar-refractivity contribution in [2.45, 2.75) is 52.0 Å². The van der Waals surface area contributed by atoms with E-state index in [-0.39, 0.29) is 24.5 Å². The number of hydrogen-bond acceptors (Lipinski definition) is 3. The molecule has 0 saturated heterocycles. The van der Waals surface area contributed by atoms with Gasteiger partial charge in [0.2, 0.25) is 5.91 Å². The van der Waals surface area contributed by atoms with Crippen LogP contribution in [0.5, 0.6) is 0 Å². The molecule has 4 nitrogen and oxygen atoms in total. The van der Waals surface area contributed by atoms with Crippen LogP contribution in [0.3, 0.4) is 0 Å². The number of furan rings is 1. The molecular formula is C16H25NO3. The Morgan fingerprint density at radius 1 is 1.50 bits per heavy atom. The molecule has 1 aromatic heterocycles. The highest BCUT2D eigenvalue weighted by atomic mass is 16.3. The fraction of sp³-hybridized carbons (Fsp3) is 0.688. The van der Waals surface area contributed by atoms with Crippen LogP contribution in [0, 0.1) is 11.8 Å². The predicted molar refractivity (Wildman–Crippen MR) is 77.4 cm³/mol. The van der Waals surface area contributed by atoms with Gasteiger partial charge in [0.15, 0.2) is 0 Å². The Bertz CT molecular complexity index is 454. The van der Waals surface area contributed by atoms with Crippen LogP contribution in [0.1, 0.15) is 51.1 Å². The van der Waals surface area contributed by atoms with Crippen molar-refractivity contribution in [3.05, 3.63) is 23.7 Å². The lowest BCUT2D eigenvalue weighted by atomic mass is 10.0. The van der Waals surface area contributed by atoms with Gasteiger partial charge in [0.25, 0.3) is 0 Å². The first kappa shape index (κ1) is 15.1. The molecule has 112 valence electrons. The molecule has 1 fully saturated rings. The molecular weight excluding hydrogens is 254 g/mol. The third kappa shape index (κ3) is 3.85. The van der Waals surface area contributed by atoms with Crippen LogP contribution in [-0.4, -0.2) is 23.7 Å². The Hall–Kier alpha value is -1.29. The monoisotopic (exact) mass is 279 g/mol. The van der Waals surface area contributed by atoms with Gasteiger partial charge >= 0.3 is 0 Å². The molecule has 20 heavy (non-hydrogen) atoms. The Morgan fingerprint density at radius 2 is 2.20 bits per heavy atom. The van der Waals surface area contributed by atoms with Gasteiger partial charge in [-0.25, -0.2) is 0 Å². The molecule has 4 atom stereocenters. The quantitative estimate of drug-likeness (QED) is 0.806. The van der Waals surface area contributed by atoms with E-state index in [4.69, 9.17) is 9.52 Å². The minimum absolute atomic E-state index is 0.00743. The van der Waals surface area contributed by atoms with Crippen LogP contribution in [-0.2, 0) is 11.2 Å². The molecule has 1 aliphatic rings. The lowest BCUT2D eigenvalue weighted by Crippen LogP contribution is -2.38. The van der Waals surface area contributed by atoms with Gasteiger partial charge in [-0.2, -0.15) is 0 Å². The molecule has 1 aromatic rings. The van der Waals surface area contributed by atoms with Crippen molar-refractivity contribution in [3.63, 3.8) is 0 Å². The second-order valence-corrected chi connectivity index (χ2v) is 6.14. The summed E-state index contributed by atoms with van der Waals surface area (Å²) in [6.45, 7) is 6.14. The lowest BCUT2D eigenvalue weighted by Gasteiger charge is -2.19. The zero-order valence-electron chi connectivity index (χ0n) is 12.6. The van der Waals surface area contributed by atoms with Crippen molar-refractivity contribution >= 4 is 5.91 Å². The van der Waals surface area contributed by atoms with E-state index in [0.717, 1.165) is 17.4 Å². The van der Waals surface area contributed by atoms with Gasteiger partial charge in [0.1, 0.15) is 11.5 Å². The maximum Gasteiger partial charge on any atom is 0.220 e. The topological polar surface area (TPSA) is 62.5 Å². The van der Waals surface area contributed by atoms with Crippen molar-refractivity contribution < 1.29 is 14.3 Å². The number of hydrogen-bond donors (Lipinski definition) is 2. The van der Waals surface area contributed by atoms with Crippen molar-refractivity contribution in [1.29, 1.82) is 0 Å². The van der Waals surface area contributed by atoms with Crippen LogP contribution in [0.2, 0.25) is 0 Å². The molecule has 1 aliphatic carbocycles. The molecule has 1 saturated carbocycles. The number of aliphatic hydroxyl groups is 1. The smallest absolute Gasteiger partial charge is 0.220 e. The first-order valence-electron chi connectivity index (χ1n) is 7.50. The summed E-state index contributed by atoms with van der Waals surface area (Å²) < 4.78 is 5.78. The van der Waals surface area contributed by atoms with E-state index in [0.29, 0.717) is 18.8 Å². The number of amides is 1. The predicted octanol–water partition coefficient (Wildman–Crippen LogP) is 2.47.